The third kappa shape index (κ3) is 4.76. The second kappa shape index (κ2) is 10.6. The van der Waals surface area contributed by atoms with Crippen molar-refractivity contribution in [2.75, 3.05) is 30.7 Å². The highest BCUT2D eigenvalue weighted by atomic mass is 16.6. The van der Waals surface area contributed by atoms with Gasteiger partial charge < -0.3 is 36.1 Å². The molecule has 4 aromatic rings. The number of anilines is 2. The molecule has 0 aromatic carbocycles. The van der Waals surface area contributed by atoms with Crippen molar-refractivity contribution in [3.63, 3.8) is 0 Å². The minimum Gasteiger partial charge on any atom is -0.388 e. The predicted octanol–water partition coefficient (Wildman–Crippen LogP) is 0.203. The molecule has 15 nitrogen and oxygen atoms in total. The van der Waals surface area contributed by atoms with Crippen molar-refractivity contribution in [2.45, 2.75) is 63.6 Å². The second-order valence-corrected chi connectivity index (χ2v) is 10.1. The van der Waals surface area contributed by atoms with Crippen molar-refractivity contribution in [1.82, 2.24) is 44.4 Å². The standard InChI is InChI=1S/C24H33N11O4/c1-12-7-15(38-13(12)2)34-10-33-17-21(29-9-31-23(17)34)27-6-5-26-4-3-14-18(36)19(37)24(39-14)35-11-32-16-20(25)28-8-30-22(16)35/h8-15,18-19,24,26,36-37H,3-7H2,1-2H3,(H2,25,28,30)(H,27,29,31)/t12-,13+,14+,15+,18?,19?,24-/m0/s1. The van der Waals surface area contributed by atoms with E-state index in [4.69, 9.17) is 15.2 Å². The number of aliphatic hydroxyl groups is 2. The molecule has 2 unspecified atom stereocenters. The molecule has 2 fully saturated rings. The maximum atomic E-state index is 10.6. The number of imidazole rings is 2. The molecule has 0 saturated carbocycles. The Morgan fingerprint density at radius 3 is 2.44 bits per heavy atom. The van der Waals surface area contributed by atoms with Crippen LogP contribution in [0.1, 0.15) is 39.1 Å². The summed E-state index contributed by atoms with van der Waals surface area (Å²) in [7, 11) is 0. The summed E-state index contributed by atoms with van der Waals surface area (Å²) in [4.78, 5) is 25.7. The summed E-state index contributed by atoms with van der Waals surface area (Å²) >= 11 is 0. The first-order valence-electron chi connectivity index (χ1n) is 13.1. The van der Waals surface area contributed by atoms with Gasteiger partial charge in [0.25, 0.3) is 0 Å². The van der Waals surface area contributed by atoms with E-state index in [1.165, 1.54) is 19.0 Å². The van der Waals surface area contributed by atoms with Gasteiger partial charge in [0, 0.05) is 13.1 Å². The van der Waals surface area contributed by atoms with Gasteiger partial charge in [-0.25, -0.2) is 29.9 Å². The average molecular weight is 540 g/mol. The Kier molecular flexibility index (Phi) is 6.99. The Bertz CT molecular complexity index is 1430. The lowest BCUT2D eigenvalue weighted by atomic mass is 10.1. The van der Waals surface area contributed by atoms with Crippen LogP contribution >= 0.6 is 0 Å². The van der Waals surface area contributed by atoms with Crippen molar-refractivity contribution >= 4 is 34.0 Å². The molecule has 6 N–H and O–H groups in total. The molecule has 0 radical (unpaired) electrons. The van der Waals surface area contributed by atoms with Crippen LogP contribution in [-0.2, 0) is 9.47 Å². The van der Waals surface area contributed by atoms with E-state index in [2.05, 4.69) is 54.4 Å². The number of nitrogen functional groups attached to an aromatic ring is 1. The number of hydrogen-bond acceptors (Lipinski definition) is 13. The van der Waals surface area contributed by atoms with E-state index in [0.29, 0.717) is 54.5 Å². The highest BCUT2D eigenvalue weighted by Gasteiger charge is 2.44. The van der Waals surface area contributed by atoms with E-state index in [1.807, 2.05) is 4.57 Å². The van der Waals surface area contributed by atoms with Crippen LogP contribution in [0.2, 0.25) is 0 Å². The molecule has 0 amide bonds. The zero-order valence-corrected chi connectivity index (χ0v) is 21.8. The van der Waals surface area contributed by atoms with Gasteiger partial charge in [-0.3, -0.25) is 9.13 Å². The number of nitrogens with two attached hydrogens (primary N) is 1. The van der Waals surface area contributed by atoms with Crippen LogP contribution in [0.3, 0.4) is 0 Å². The first kappa shape index (κ1) is 25.8. The zero-order chi connectivity index (χ0) is 27.1. The van der Waals surface area contributed by atoms with Gasteiger partial charge in [-0.1, -0.05) is 6.92 Å². The van der Waals surface area contributed by atoms with E-state index in [9.17, 15) is 10.2 Å². The first-order chi connectivity index (χ1) is 18.9. The lowest BCUT2D eigenvalue weighted by Gasteiger charge is -2.16. The average Bonchev–Trinajstić information content (AvgIpc) is 3.69. The molecule has 2 saturated heterocycles. The number of hydrogen-bond donors (Lipinski definition) is 5. The van der Waals surface area contributed by atoms with Gasteiger partial charge in [-0.15, -0.1) is 0 Å². The van der Waals surface area contributed by atoms with Gasteiger partial charge in [0.2, 0.25) is 0 Å². The van der Waals surface area contributed by atoms with Crippen LogP contribution in [0.25, 0.3) is 22.3 Å². The number of fused-ring (bicyclic) bond motifs is 2. The molecule has 208 valence electrons. The Balaban J connectivity index is 0.995. The van der Waals surface area contributed by atoms with Crippen molar-refractivity contribution in [1.29, 1.82) is 0 Å². The van der Waals surface area contributed by atoms with Gasteiger partial charge in [0.15, 0.2) is 34.7 Å². The van der Waals surface area contributed by atoms with Gasteiger partial charge in [0.05, 0.1) is 24.9 Å². The van der Waals surface area contributed by atoms with Crippen molar-refractivity contribution in [3.05, 3.63) is 25.3 Å². The molecule has 6 heterocycles. The number of nitrogens with one attached hydrogen (secondary N) is 2. The zero-order valence-electron chi connectivity index (χ0n) is 21.8. The van der Waals surface area contributed by atoms with Crippen LogP contribution in [0, 0.1) is 5.92 Å². The smallest absolute Gasteiger partial charge is 0.167 e. The number of rotatable bonds is 9. The molecule has 0 aliphatic carbocycles. The van der Waals surface area contributed by atoms with Crippen LogP contribution in [0.15, 0.2) is 25.3 Å². The minimum atomic E-state index is -1.13. The van der Waals surface area contributed by atoms with Crippen LogP contribution in [0.4, 0.5) is 11.6 Å². The minimum absolute atomic E-state index is 0.0745. The van der Waals surface area contributed by atoms with E-state index >= 15 is 0 Å². The highest BCUT2D eigenvalue weighted by molar-refractivity contribution is 5.82. The summed E-state index contributed by atoms with van der Waals surface area (Å²) in [6.07, 6.45) is 4.08. The van der Waals surface area contributed by atoms with Crippen molar-refractivity contribution in [3.8, 4) is 0 Å². The largest absolute Gasteiger partial charge is 0.388 e. The van der Waals surface area contributed by atoms with Gasteiger partial charge >= 0.3 is 0 Å². The van der Waals surface area contributed by atoms with Gasteiger partial charge in [-0.05, 0) is 32.2 Å². The Morgan fingerprint density at radius 2 is 1.64 bits per heavy atom. The third-order valence-electron chi connectivity index (χ3n) is 7.61. The summed E-state index contributed by atoms with van der Waals surface area (Å²) in [5.41, 5.74) is 8.16. The number of aliphatic hydroxyl groups excluding tert-OH is 2. The fraction of sp³-hybridized carbons (Fsp3) is 0.583. The fourth-order valence-electron chi connectivity index (χ4n) is 5.21. The van der Waals surface area contributed by atoms with Gasteiger partial charge in [-0.2, -0.15) is 0 Å². The Labute approximate surface area is 223 Å². The SMILES string of the molecule is C[C@H]1C[C@H](n2cnc3c(NCCNCC[C@H]4O[C@H](n5cnc6c(N)ncnc65)C(O)C4O)ncnc32)O[C@@H]1C. The molecule has 6 rings (SSSR count). The molecule has 2 aliphatic heterocycles. The van der Waals surface area contributed by atoms with Crippen molar-refractivity contribution < 1.29 is 19.7 Å². The number of nitrogens with zero attached hydrogens (tertiary/aromatic N) is 8. The molecule has 4 aromatic heterocycles. The third-order valence-corrected chi connectivity index (χ3v) is 7.61. The fourth-order valence-corrected chi connectivity index (χ4v) is 5.21. The Hall–Kier alpha value is -3.50. The summed E-state index contributed by atoms with van der Waals surface area (Å²) < 4.78 is 15.6. The van der Waals surface area contributed by atoms with Gasteiger partial charge in [0.1, 0.15) is 36.6 Å². The van der Waals surface area contributed by atoms with E-state index < -0.39 is 24.5 Å². The molecule has 2 aliphatic rings. The summed E-state index contributed by atoms with van der Waals surface area (Å²) in [6, 6.07) is 0. The van der Waals surface area contributed by atoms with E-state index in [-0.39, 0.29) is 18.1 Å². The molecule has 15 heteroatoms. The van der Waals surface area contributed by atoms with E-state index in [1.54, 1.807) is 10.9 Å². The maximum Gasteiger partial charge on any atom is 0.167 e. The van der Waals surface area contributed by atoms with Crippen LogP contribution in [-0.4, -0.2) is 93.3 Å². The van der Waals surface area contributed by atoms with Crippen molar-refractivity contribution in [2.24, 2.45) is 5.92 Å². The summed E-state index contributed by atoms with van der Waals surface area (Å²) in [5, 5.41) is 27.8. The van der Waals surface area contributed by atoms with E-state index in [0.717, 1.165) is 12.1 Å². The molecule has 7 atom stereocenters. The summed E-state index contributed by atoms with van der Waals surface area (Å²) in [5.74, 6) is 1.38. The quantitative estimate of drug-likeness (QED) is 0.181. The normalized spacial score (nSPS) is 29.1. The van der Waals surface area contributed by atoms with Crippen LogP contribution in [0.5, 0.6) is 0 Å². The number of ether oxygens (including phenoxy) is 2. The molecule has 0 bridgehead atoms. The lowest BCUT2D eigenvalue weighted by molar-refractivity contribution is -0.0366. The highest BCUT2D eigenvalue weighted by Crippen LogP contribution is 2.35. The molecule has 0 spiro atoms. The second-order valence-electron chi connectivity index (χ2n) is 10.1. The monoisotopic (exact) mass is 539 g/mol. The predicted molar refractivity (Wildman–Crippen MR) is 140 cm³/mol. The van der Waals surface area contributed by atoms with Crippen LogP contribution < -0.4 is 16.4 Å². The number of aromatic nitrogens is 8. The molecular weight excluding hydrogens is 506 g/mol. The topological polar surface area (TPSA) is 196 Å². The lowest BCUT2D eigenvalue weighted by Crippen LogP contribution is -2.34. The maximum absolute atomic E-state index is 10.6. The molecule has 39 heavy (non-hydrogen) atoms. The molecular formula is C24H33N11O4. The first-order valence-corrected chi connectivity index (χ1v) is 13.1. The summed E-state index contributed by atoms with van der Waals surface area (Å²) in [6.45, 7) is 6.10. The Morgan fingerprint density at radius 1 is 0.897 bits per heavy atom.